The van der Waals surface area contributed by atoms with Crippen molar-refractivity contribution in [1.29, 1.82) is 0 Å². The van der Waals surface area contributed by atoms with E-state index in [1.807, 2.05) is 0 Å². The molecule has 2 rings (SSSR count). The second kappa shape index (κ2) is 4.96. The normalized spacial score (nSPS) is 18.8. The van der Waals surface area contributed by atoms with E-state index in [2.05, 4.69) is 0 Å². The van der Waals surface area contributed by atoms with Crippen LogP contribution >= 0.6 is 0 Å². The Labute approximate surface area is 99.5 Å². The van der Waals surface area contributed by atoms with E-state index in [1.54, 1.807) is 24.3 Å². The van der Waals surface area contributed by atoms with Gasteiger partial charge in [-0.15, -0.1) is 0 Å². The van der Waals surface area contributed by atoms with Gasteiger partial charge in [0.2, 0.25) is 0 Å². The number of carbonyl (C=O) groups is 1. The largest absolute Gasteiger partial charge is 0.394 e. The Kier molecular flexibility index (Phi) is 3.57. The highest BCUT2D eigenvalue weighted by atomic mass is 16.4. The van der Waals surface area contributed by atoms with Gasteiger partial charge in [-0.2, -0.15) is 0 Å². The predicted molar refractivity (Wildman–Crippen MR) is 61.5 cm³/mol. The smallest absolute Gasteiger partial charge is 0.165 e. The van der Waals surface area contributed by atoms with Gasteiger partial charge in [-0.05, 0) is 18.4 Å². The molecule has 1 aliphatic rings. The topological polar surface area (TPSA) is 77.8 Å². The lowest BCUT2D eigenvalue weighted by Gasteiger charge is -2.15. The monoisotopic (exact) mass is 236 g/mol. The molecule has 0 aromatic heterocycles. The predicted octanol–water partition coefficient (Wildman–Crippen LogP) is 0.666. The number of aliphatic hydroxyl groups excluding tert-OH is 3. The summed E-state index contributed by atoms with van der Waals surface area (Å²) >= 11 is 0. The minimum Gasteiger partial charge on any atom is -0.394 e. The van der Waals surface area contributed by atoms with Crippen molar-refractivity contribution in [2.24, 2.45) is 5.92 Å². The first-order chi connectivity index (χ1) is 8.13. The summed E-state index contributed by atoms with van der Waals surface area (Å²) in [5.74, 6) is 0.322. The zero-order chi connectivity index (χ0) is 12.4. The average Bonchev–Trinajstić information content (AvgIpc) is 3.20. The number of hydrogen-bond acceptors (Lipinski definition) is 4. The molecule has 1 saturated carbocycles. The van der Waals surface area contributed by atoms with E-state index in [9.17, 15) is 15.0 Å². The number of aliphatic hydroxyl groups is 3. The number of benzene rings is 1. The van der Waals surface area contributed by atoms with Crippen molar-refractivity contribution in [1.82, 2.24) is 0 Å². The van der Waals surface area contributed by atoms with Gasteiger partial charge in [0.25, 0.3) is 0 Å². The lowest BCUT2D eigenvalue weighted by Crippen LogP contribution is -2.22. The fraction of sp³-hybridized carbons (Fsp3) is 0.462. The minimum atomic E-state index is -1.19. The van der Waals surface area contributed by atoms with Crippen LogP contribution < -0.4 is 0 Å². The quantitative estimate of drug-likeness (QED) is 0.656. The van der Waals surface area contributed by atoms with Crippen molar-refractivity contribution < 1.29 is 20.1 Å². The van der Waals surface area contributed by atoms with E-state index in [0.29, 0.717) is 11.1 Å². The molecule has 92 valence electrons. The van der Waals surface area contributed by atoms with Gasteiger partial charge in [-0.3, -0.25) is 4.79 Å². The summed E-state index contributed by atoms with van der Waals surface area (Å²) in [6, 6.07) is 6.53. The SMILES string of the molecule is O=C(c1ccc(C(O)C(O)CO)cc1)C1CC1. The lowest BCUT2D eigenvalue weighted by atomic mass is 10.0. The molecule has 1 fully saturated rings. The summed E-state index contributed by atoms with van der Waals surface area (Å²) in [6.07, 6.45) is -0.385. The highest BCUT2D eigenvalue weighted by Crippen LogP contribution is 2.32. The van der Waals surface area contributed by atoms with Crippen molar-refractivity contribution in [3.8, 4) is 0 Å². The first-order valence-electron chi connectivity index (χ1n) is 5.74. The Morgan fingerprint density at radius 1 is 1.24 bits per heavy atom. The van der Waals surface area contributed by atoms with Crippen molar-refractivity contribution in [3.05, 3.63) is 35.4 Å². The van der Waals surface area contributed by atoms with Gasteiger partial charge in [0.05, 0.1) is 6.61 Å². The molecular formula is C13H16O4. The van der Waals surface area contributed by atoms with Gasteiger partial charge < -0.3 is 15.3 Å². The van der Waals surface area contributed by atoms with E-state index < -0.39 is 18.8 Å². The maximum absolute atomic E-state index is 11.7. The van der Waals surface area contributed by atoms with E-state index in [1.165, 1.54) is 0 Å². The van der Waals surface area contributed by atoms with Crippen molar-refractivity contribution >= 4 is 5.78 Å². The number of carbonyl (C=O) groups excluding carboxylic acids is 1. The van der Waals surface area contributed by atoms with Gasteiger partial charge in [-0.1, -0.05) is 24.3 Å². The highest BCUT2D eigenvalue weighted by Gasteiger charge is 2.30. The van der Waals surface area contributed by atoms with Crippen LogP contribution in [0.2, 0.25) is 0 Å². The third-order valence-corrected chi connectivity index (χ3v) is 3.04. The Morgan fingerprint density at radius 3 is 2.29 bits per heavy atom. The molecule has 17 heavy (non-hydrogen) atoms. The molecule has 3 N–H and O–H groups in total. The van der Waals surface area contributed by atoms with Gasteiger partial charge in [0.1, 0.15) is 12.2 Å². The second-order valence-corrected chi connectivity index (χ2v) is 4.46. The molecule has 0 saturated heterocycles. The number of ketones is 1. The Bertz CT molecular complexity index is 394. The third-order valence-electron chi connectivity index (χ3n) is 3.04. The number of rotatable bonds is 5. The molecule has 0 amide bonds. The van der Waals surface area contributed by atoms with Gasteiger partial charge >= 0.3 is 0 Å². The summed E-state index contributed by atoms with van der Waals surface area (Å²) < 4.78 is 0. The molecular weight excluding hydrogens is 220 g/mol. The van der Waals surface area contributed by atoms with Crippen LogP contribution in [-0.2, 0) is 0 Å². The van der Waals surface area contributed by atoms with Crippen LogP contribution in [0, 0.1) is 5.92 Å². The number of Topliss-reactive ketones (excluding diaryl/α,β-unsaturated/α-hetero) is 1. The molecule has 0 bridgehead atoms. The first kappa shape index (κ1) is 12.2. The molecule has 0 radical (unpaired) electrons. The summed E-state index contributed by atoms with van der Waals surface area (Å²) in [6.45, 7) is -0.496. The third kappa shape index (κ3) is 2.72. The van der Waals surface area contributed by atoms with Crippen LogP contribution in [0.4, 0.5) is 0 Å². The molecule has 1 aromatic carbocycles. The molecule has 2 atom stereocenters. The van der Waals surface area contributed by atoms with Crippen molar-refractivity contribution in [2.45, 2.75) is 25.0 Å². The van der Waals surface area contributed by atoms with E-state index in [4.69, 9.17) is 5.11 Å². The molecule has 4 heteroatoms. The van der Waals surface area contributed by atoms with Crippen LogP contribution in [0.15, 0.2) is 24.3 Å². The molecule has 4 nitrogen and oxygen atoms in total. The summed E-state index contributed by atoms with van der Waals surface area (Å²) in [4.78, 5) is 11.7. The molecule has 1 aromatic rings. The van der Waals surface area contributed by atoms with Gasteiger partial charge in [-0.25, -0.2) is 0 Å². The number of hydrogen-bond donors (Lipinski definition) is 3. The standard InChI is InChI=1S/C13H16O4/c14-7-11(15)13(17)10-5-3-9(4-6-10)12(16)8-1-2-8/h3-6,8,11,13-15,17H,1-2,7H2. The molecule has 2 unspecified atom stereocenters. The average molecular weight is 236 g/mol. The van der Waals surface area contributed by atoms with Gasteiger partial charge in [0.15, 0.2) is 5.78 Å². The Morgan fingerprint density at radius 2 is 1.82 bits per heavy atom. The zero-order valence-electron chi connectivity index (χ0n) is 9.41. The molecule has 0 heterocycles. The summed E-state index contributed by atoms with van der Waals surface area (Å²) in [5.41, 5.74) is 1.14. The van der Waals surface area contributed by atoms with Crippen LogP contribution in [0.3, 0.4) is 0 Å². The summed E-state index contributed by atoms with van der Waals surface area (Å²) in [5, 5.41) is 27.7. The van der Waals surface area contributed by atoms with Crippen LogP contribution in [0.5, 0.6) is 0 Å². The Hall–Kier alpha value is -1.23. The second-order valence-electron chi connectivity index (χ2n) is 4.46. The van der Waals surface area contributed by atoms with E-state index in [-0.39, 0.29) is 11.7 Å². The molecule has 0 spiro atoms. The fourth-order valence-corrected chi connectivity index (χ4v) is 1.75. The minimum absolute atomic E-state index is 0.147. The van der Waals surface area contributed by atoms with Crippen molar-refractivity contribution in [3.63, 3.8) is 0 Å². The maximum atomic E-state index is 11.7. The molecule has 1 aliphatic carbocycles. The summed E-state index contributed by atoms with van der Waals surface area (Å²) in [7, 11) is 0. The van der Waals surface area contributed by atoms with E-state index >= 15 is 0 Å². The van der Waals surface area contributed by atoms with Gasteiger partial charge in [0, 0.05) is 11.5 Å². The van der Waals surface area contributed by atoms with Crippen LogP contribution in [0.1, 0.15) is 34.9 Å². The van der Waals surface area contributed by atoms with Crippen LogP contribution in [0.25, 0.3) is 0 Å². The zero-order valence-corrected chi connectivity index (χ0v) is 9.41. The van der Waals surface area contributed by atoms with E-state index in [0.717, 1.165) is 12.8 Å². The fourth-order valence-electron chi connectivity index (χ4n) is 1.75. The first-order valence-corrected chi connectivity index (χ1v) is 5.74. The highest BCUT2D eigenvalue weighted by molar-refractivity contribution is 5.99. The van der Waals surface area contributed by atoms with Crippen LogP contribution in [-0.4, -0.2) is 33.8 Å². The van der Waals surface area contributed by atoms with Crippen molar-refractivity contribution in [2.75, 3.05) is 6.61 Å². The Balaban J connectivity index is 2.09. The maximum Gasteiger partial charge on any atom is 0.165 e. The molecule has 0 aliphatic heterocycles. The lowest BCUT2D eigenvalue weighted by molar-refractivity contribution is -0.0152.